The highest BCUT2D eigenvalue weighted by Crippen LogP contribution is 2.33. The summed E-state index contributed by atoms with van der Waals surface area (Å²) in [6.45, 7) is 7.58. The van der Waals surface area contributed by atoms with Crippen LogP contribution in [-0.2, 0) is 14.8 Å². The van der Waals surface area contributed by atoms with Gasteiger partial charge in [-0.05, 0) is 62.1 Å². The van der Waals surface area contributed by atoms with Crippen molar-refractivity contribution in [2.45, 2.75) is 33.7 Å². The second-order valence-corrected chi connectivity index (χ2v) is 9.30. The molecule has 2 aromatic rings. The minimum atomic E-state index is -3.73. The van der Waals surface area contributed by atoms with Gasteiger partial charge in [-0.1, -0.05) is 12.1 Å². The summed E-state index contributed by atoms with van der Waals surface area (Å²) < 4.78 is 36.4. The first-order chi connectivity index (χ1) is 14.0. The van der Waals surface area contributed by atoms with E-state index in [4.69, 9.17) is 9.47 Å². The van der Waals surface area contributed by atoms with Crippen LogP contribution in [0.15, 0.2) is 30.3 Å². The van der Waals surface area contributed by atoms with Gasteiger partial charge in [-0.3, -0.25) is 9.10 Å². The number of hydrogen-bond donors (Lipinski definition) is 1. The average Bonchev–Trinajstić information content (AvgIpc) is 2.67. The van der Waals surface area contributed by atoms with Crippen molar-refractivity contribution in [3.05, 3.63) is 52.6 Å². The number of methoxy groups -OCH3 is 2. The topological polar surface area (TPSA) is 84.9 Å². The van der Waals surface area contributed by atoms with Gasteiger partial charge in [0.15, 0.2) is 0 Å². The van der Waals surface area contributed by atoms with Crippen molar-refractivity contribution in [1.29, 1.82) is 0 Å². The number of hydrogen-bond acceptors (Lipinski definition) is 5. The molecule has 8 heteroatoms. The number of sulfonamides is 1. The van der Waals surface area contributed by atoms with Crippen LogP contribution in [0.5, 0.6) is 11.5 Å². The second kappa shape index (κ2) is 9.38. The van der Waals surface area contributed by atoms with E-state index in [2.05, 4.69) is 17.4 Å². The van der Waals surface area contributed by atoms with E-state index in [1.807, 2.05) is 27.7 Å². The lowest BCUT2D eigenvalue weighted by atomic mass is 9.96. The third-order valence-corrected chi connectivity index (χ3v) is 6.20. The Balaban J connectivity index is 2.28. The van der Waals surface area contributed by atoms with Gasteiger partial charge in [-0.25, -0.2) is 8.42 Å². The van der Waals surface area contributed by atoms with Crippen molar-refractivity contribution >= 4 is 21.6 Å². The lowest BCUT2D eigenvalue weighted by Gasteiger charge is -2.25. The number of nitrogens with zero attached hydrogens (tertiary/aromatic N) is 1. The molecule has 1 atom stereocenters. The van der Waals surface area contributed by atoms with Gasteiger partial charge in [0.2, 0.25) is 15.9 Å². The minimum Gasteiger partial charge on any atom is -0.497 e. The van der Waals surface area contributed by atoms with Crippen LogP contribution in [0.2, 0.25) is 0 Å². The number of nitrogens with one attached hydrogen (secondary N) is 1. The Labute approximate surface area is 179 Å². The molecule has 30 heavy (non-hydrogen) atoms. The quantitative estimate of drug-likeness (QED) is 0.689. The Morgan fingerprint density at radius 3 is 2.23 bits per heavy atom. The Morgan fingerprint density at radius 1 is 1.03 bits per heavy atom. The Bertz CT molecular complexity index is 1030. The average molecular weight is 435 g/mol. The number of amides is 1. The first-order valence-corrected chi connectivity index (χ1v) is 11.4. The number of carbonyl (C=O) groups excluding carboxylic acids is 1. The lowest BCUT2D eigenvalue weighted by Crippen LogP contribution is -2.41. The molecule has 0 heterocycles. The molecule has 0 unspecified atom stereocenters. The number of anilines is 1. The van der Waals surface area contributed by atoms with Crippen LogP contribution in [0.1, 0.15) is 35.2 Å². The SMILES string of the molecule is COc1ccc(N(CC(=O)N[C@@H](C)c2cc(C)c(C)cc2C)S(C)(=O)=O)c(OC)c1. The zero-order valence-electron chi connectivity index (χ0n) is 18.6. The van der Waals surface area contributed by atoms with Crippen LogP contribution in [0.3, 0.4) is 0 Å². The van der Waals surface area contributed by atoms with Gasteiger partial charge < -0.3 is 14.8 Å². The van der Waals surface area contributed by atoms with Crippen LogP contribution in [0, 0.1) is 20.8 Å². The molecule has 0 saturated carbocycles. The number of rotatable bonds is 8. The van der Waals surface area contributed by atoms with E-state index in [0.29, 0.717) is 11.5 Å². The third kappa shape index (κ3) is 5.44. The molecule has 0 aromatic heterocycles. The second-order valence-electron chi connectivity index (χ2n) is 7.39. The lowest BCUT2D eigenvalue weighted by molar-refractivity contribution is -0.120. The van der Waals surface area contributed by atoms with E-state index in [1.54, 1.807) is 18.2 Å². The molecule has 1 amide bonds. The van der Waals surface area contributed by atoms with Crippen LogP contribution in [0.25, 0.3) is 0 Å². The standard InChI is InChI=1S/C22H30N2O5S/c1-14-10-16(3)19(11-15(14)2)17(4)23-22(25)13-24(30(7,26)27)20-9-8-18(28-5)12-21(20)29-6/h8-12,17H,13H2,1-7H3,(H,23,25)/t17-/m0/s1. The highest BCUT2D eigenvalue weighted by atomic mass is 32.2. The third-order valence-electron chi connectivity index (χ3n) is 5.07. The predicted molar refractivity (Wildman–Crippen MR) is 119 cm³/mol. The molecule has 0 spiro atoms. The summed E-state index contributed by atoms with van der Waals surface area (Å²) in [6, 6.07) is 8.62. The first-order valence-electron chi connectivity index (χ1n) is 9.54. The van der Waals surface area contributed by atoms with Gasteiger partial charge >= 0.3 is 0 Å². The van der Waals surface area contributed by atoms with Crippen molar-refractivity contribution in [1.82, 2.24) is 5.32 Å². The molecule has 0 aliphatic carbocycles. The van der Waals surface area contributed by atoms with E-state index in [1.165, 1.54) is 19.8 Å². The smallest absolute Gasteiger partial charge is 0.241 e. The molecular formula is C22H30N2O5S. The van der Waals surface area contributed by atoms with Gasteiger partial charge in [-0.15, -0.1) is 0 Å². The summed E-state index contributed by atoms with van der Waals surface area (Å²) >= 11 is 0. The van der Waals surface area contributed by atoms with Crippen LogP contribution in [-0.4, -0.2) is 41.3 Å². The molecule has 0 fully saturated rings. The predicted octanol–water partition coefficient (Wildman–Crippen LogP) is 3.27. The normalized spacial score (nSPS) is 12.2. The van der Waals surface area contributed by atoms with Gasteiger partial charge in [0.05, 0.1) is 32.2 Å². The zero-order chi connectivity index (χ0) is 22.6. The highest BCUT2D eigenvalue weighted by molar-refractivity contribution is 7.92. The molecule has 0 saturated heterocycles. The van der Waals surface area contributed by atoms with Crippen LogP contribution in [0.4, 0.5) is 5.69 Å². The molecule has 164 valence electrons. The number of carbonyl (C=O) groups is 1. The van der Waals surface area contributed by atoms with Gasteiger partial charge in [-0.2, -0.15) is 0 Å². The molecule has 2 rings (SSSR count). The monoisotopic (exact) mass is 434 g/mol. The molecule has 7 nitrogen and oxygen atoms in total. The Kier molecular flexibility index (Phi) is 7.36. The number of ether oxygens (including phenoxy) is 2. The summed E-state index contributed by atoms with van der Waals surface area (Å²) in [7, 11) is -0.794. The maximum Gasteiger partial charge on any atom is 0.241 e. The van der Waals surface area contributed by atoms with E-state index in [0.717, 1.165) is 27.3 Å². The Morgan fingerprint density at radius 2 is 1.67 bits per heavy atom. The molecule has 0 bridgehead atoms. The van der Waals surface area contributed by atoms with Crippen LogP contribution >= 0.6 is 0 Å². The maximum atomic E-state index is 12.8. The fraction of sp³-hybridized carbons (Fsp3) is 0.409. The number of aryl methyl sites for hydroxylation is 3. The van der Waals surface area contributed by atoms with Gasteiger partial charge in [0.1, 0.15) is 18.0 Å². The largest absolute Gasteiger partial charge is 0.497 e. The summed E-state index contributed by atoms with van der Waals surface area (Å²) in [5, 5.41) is 2.91. The summed E-state index contributed by atoms with van der Waals surface area (Å²) in [4.78, 5) is 12.8. The fourth-order valence-electron chi connectivity index (χ4n) is 3.32. The molecule has 1 N–H and O–H groups in total. The first kappa shape index (κ1) is 23.5. The van der Waals surface area contributed by atoms with Crippen molar-refractivity contribution in [2.75, 3.05) is 31.3 Å². The van der Waals surface area contributed by atoms with E-state index >= 15 is 0 Å². The van der Waals surface area contributed by atoms with Gasteiger partial charge in [0, 0.05) is 6.07 Å². The van der Waals surface area contributed by atoms with E-state index in [-0.39, 0.29) is 18.3 Å². The summed E-state index contributed by atoms with van der Waals surface area (Å²) in [5.41, 5.74) is 4.66. The van der Waals surface area contributed by atoms with E-state index in [9.17, 15) is 13.2 Å². The molecule has 0 radical (unpaired) electrons. The molecule has 0 aliphatic rings. The van der Waals surface area contributed by atoms with Crippen molar-refractivity contribution in [2.24, 2.45) is 0 Å². The molecule has 0 aliphatic heterocycles. The van der Waals surface area contributed by atoms with Crippen LogP contribution < -0.4 is 19.1 Å². The van der Waals surface area contributed by atoms with Crippen molar-refractivity contribution < 1.29 is 22.7 Å². The molecule has 2 aromatic carbocycles. The summed E-state index contributed by atoms with van der Waals surface area (Å²) in [6.07, 6.45) is 1.06. The summed E-state index contributed by atoms with van der Waals surface area (Å²) in [5.74, 6) is 0.404. The highest BCUT2D eigenvalue weighted by Gasteiger charge is 2.25. The van der Waals surface area contributed by atoms with Crippen molar-refractivity contribution in [3.63, 3.8) is 0 Å². The number of benzene rings is 2. The maximum absolute atomic E-state index is 12.8. The fourth-order valence-corrected chi connectivity index (χ4v) is 4.18. The van der Waals surface area contributed by atoms with Crippen molar-refractivity contribution in [3.8, 4) is 11.5 Å². The zero-order valence-corrected chi connectivity index (χ0v) is 19.4. The van der Waals surface area contributed by atoms with E-state index < -0.39 is 15.9 Å². The Hall–Kier alpha value is -2.74. The minimum absolute atomic E-state index is 0.268. The molecular weight excluding hydrogens is 404 g/mol. The van der Waals surface area contributed by atoms with Gasteiger partial charge in [0.25, 0.3) is 0 Å².